The zero-order valence-electron chi connectivity index (χ0n) is 9.68. The molecule has 16 heavy (non-hydrogen) atoms. The molecule has 0 aliphatic rings. The topological polar surface area (TPSA) is 55.6 Å². The SMILES string of the molecule is CNc1cccc(-c2nncn2C(C)C)n1. The molecular weight excluding hydrogens is 202 g/mol. The van der Waals surface area contributed by atoms with Crippen molar-refractivity contribution in [2.24, 2.45) is 0 Å². The Kier molecular flexibility index (Phi) is 2.85. The van der Waals surface area contributed by atoms with E-state index in [0.717, 1.165) is 17.3 Å². The van der Waals surface area contributed by atoms with Crippen LogP contribution in [0.5, 0.6) is 0 Å². The van der Waals surface area contributed by atoms with E-state index in [1.54, 1.807) is 6.33 Å². The summed E-state index contributed by atoms with van der Waals surface area (Å²) in [7, 11) is 1.85. The number of hydrogen-bond acceptors (Lipinski definition) is 4. The van der Waals surface area contributed by atoms with Crippen molar-refractivity contribution >= 4 is 5.82 Å². The second-order valence-corrected chi connectivity index (χ2v) is 3.81. The molecule has 0 aliphatic carbocycles. The summed E-state index contributed by atoms with van der Waals surface area (Å²) < 4.78 is 2.00. The van der Waals surface area contributed by atoms with Crippen LogP contribution in [0, 0.1) is 0 Å². The van der Waals surface area contributed by atoms with Gasteiger partial charge < -0.3 is 9.88 Å². The second-order valence-electron chi connectivity index (χ2n) is 3.81. The Labute approximate surface area is 94.5 Å². The van der Waals surface area contributed by atoms with E-state index < -0.39 is 0 Å². The van der Waals surface area contributed by atoms with Crippen LogP contribution >= 0.6 is 0 Å². The fourth-order valence-corrected chi connectivity index (χ4v) is 1.50. The van der Waals surface area contributed by atoms with Gasteiger partial charge in [-0.3, -0.25) is 0 Å². The van der Waals surface area contributed by atoms with E-state index in [1.165, 1.54) is 0 Å². The summed E-state index contributed by atoms with van der Waals surface area (Å²) >= 11 is 0. The van der Waals surface area contributed by atoms with Crippen LogP contribution in [-0.2, 0) is 0 Å². The summed E-state index contributed by atoms with van der Waals surface area (Å²) in [6.45, 7) is 4.18. The number of anilines is 1. The summed E-state index contributed by atoms with van der Waals surface area (Å²) in [4.78, 5) is 4.44. The molecule has 0 saturated heterocycles. The van der Waals surface area contributed by atoms with Crippen molar-refractivity contribution in [1.82, 2.24) is 19.7 Å². The first kappa shape index (κ1) is 10.6. The highest BCUT2D eigenvalue weighted by atomic mass is 15.3. The minimum absolute atomic E-state index is 0.324. The quantitative estimate of drug-likeness (QED) is 0.853. The number of aromatic nitrogens is 4. The molecule has 5 heteroatoms. The van der Waals surface area contributed by atoms with Crippen molar-refractivity contribution in [3.63, 3.8) is 0 Å². The predicted octanol–water partition coefficient (Wildman–Crippen LogP) is 1.96. The highest BCUT2D eigenvalue weighted by molar-refractivity contribution is 5.53. The summed E-state index contributed by atoms with van der Waals surface area (Å²) in [5.74, 6) is 1.63. The van der Waals surface area contributed by atoms with Gasteiger partial charge in [-0.2, -0.15) is 0 Å². The van der Waals surface area contributed by atoms with E-state index in [9.17, 15) is 0 Å². The highest BCUT2D eigenvalue weighted by Gasteiger charge is 2.10. The molecule has 1 N–H and O–H groups in total. The molecule has 5 nitrogen and oxygen atoms in total. The monoisotopic (exact) mass is 217 g/mol. The molecule has 2 rings (SSSR count). The Morgan fingerprint density at radius 2 is 2.12 bits per heavy atom. The van der Waals surface area contributed by atoms with Gasteiger partial charge in [-0.05, 0) is 26.0 Å². The van der Waals surface area contributed by atoms with Gasteiger partial charge in [0.2, 0.25) is 0 Å². The number of hydrogen-bond donors (Lipinski definition) is 1. The van der Waals surface area contributed by atoms with Gasteiger partial charge in [0.05, 0.1) is 0 Å². The maximum Gasteiger partial charge on any atom is 0.182 e. The molecule has 0 radical (unpaired) electrons. The molecule has 2 aromatic rings. The molecule has 2 heterocycles. The van der Waals surface area contributed by atoms with Crippen molar-refractivity contribution in [2.45, 2.75) is 19.9 Å². The maximum atomic E-state index is 4.44. The van der Waals surface area contributed by atoms with Crippen LogP contribution < -0.4 is 5.32 Å². The van der Waals surface area contributed by atoms with Crippen molar-refractivity contribution in [1.29, 1.82) is 0 Å². The summed E-state index contributed by atoms with van der Waals surface area (Å²) in [6, 6.07) is 6.13. The van der Waals surface area contributed by atoms with Crippen LogP contribution in [0.2, 0.25) is 0 Å². The van der Waals surface area contributed by atoms with Crippen molar-refractivity contribution < 1.29 is 0 Å². The van der Waals surface area contributed by atoms with E-state index >= 15 is 0 Å². The molecule has 0 aliphatic heterocycles. The molecule has 2 aromatic heterocycles. The average molecular weight is 217 g/mol. The molecule has 0 aromatic carbocycles. The standard InChI is InChI=1S/C11H15N5/c1-8(2)16-7-13-15-11(16)9-5-4-6-10(12-3)14-9/h4-8H,1-3H3,(H,12,14). The number of nitrogens with one attached hydrogen (secondary N) is 1. The molecule has 0 saturated carbocycles. The Morgan fingerprint density at radius 1 is 1.31 bits per heavy atom. The lowest BCUT2D eigenvalue weighted by Crippen LogP contribution is -2.03. The number of nitrogens with zero attached hydrogens (tertiary/aromatic N) is 4. The van der Waals surface area contributed by atoms with Gasteiger partial charge in [-0.25, -0.2) is 4.98 Å². The Bertz CT molecular complexity index is 475. The van der Waals surface area contributed by atoms with Crippen molar-refractivity contribution in [2.75, 3.05) is 12.4 Å². The Morgan fingerprint density at radius 3 is 2.81 bits per heavy atom. The summed E-state index contributed by atoms with van der Waals surface area (Å²) in [5, 5.41) is 11.0. The molecule has 0 atom stereocenters. The van der Waals surface area contributed by atoms with Gasteiger partial charge in [0.15, 0.2) is 5.82 Å². The van der Waals surface area contributed by atoms with Crippen LogP contribution in [0.15, 0.2) is 24.5 Å². The van der Waals surface area contributed by atoms with E-state index in [1.807, 2.05) is 29.8 Å². The van der Waals surface area contributed by atoms with Crippen LogP contribution in [0.4, 0.5) is 5.82 Å². The third-order valence-electron chi connectivity index (χ3n) is 2.36. The minimum atomic E-state index is 0.324. The lowest BCUT2D eigenvalue weighted by atomic mass is 10.3. The molecule has 0 unspecified atom stereocenters. The minimum Gasteiger partial charge on any atom is -0.373 e. The third-order valence-corrected chi connectivity index (χ3v) is 2.36. The third kappa shape index (κ3) is 1.88. The van der Waals surface area contributed by atoms with Crippen LogP contribution in [0.1, 0.15) is 19.9 Å². The van der Waals surface area contributed by atoms with E-state index in [0.29, 0.717) is 6.04 Å². The number of rotatable bonds is 3. The zero-order chi connectivity index (χ0) is 11.5. The smallest absolute Gasteiger partial charge is 0.182 e. The van der Waals surface area contributed by atoms with Crippen LogP contribution in [0.3, 0.4) is 0 Å². The lowest BCUT2D eigenvalue weighted by molar-refractivity contribution is 0.603. The zero-order valence-corrected chi connectivity index (χ0v) is 9.68. The summed E-state index contributed by atoms with van der Waals surface area (Å²) in [6.07, 6.45) is 1.73. The van der Waals surface area contributed by atoms with Gasteiger partial charge in [-0.1, -0.05) is 6.07 Å². The fraction of sp³-hybridized carbons (Fsp3) is 0.364. The van der Waals surface area contributed by atoms with Gasteiger partial charge in [0, 0.05) is 13.1 Å². The molecular formula is C11H15N5. The van der Waals surface area contributed by atoms with Crippen molar-refractivity contribution in [3.05, 3.63) is 24.5 Å². The fourth-order valence-electron chi connectivity index (χ4n) is 1.50. The molecule has 0 fully saturated rings. The Balaban J connectivity index is 2.46. The Hall–Kier alpha value is -1.91. The van der Waals surface area contributed by atoms with Gasteiger partial charge >= 0.3 is 0 Å². The number of pyridine rings is 1. The first-order chi connectivity index (χ1) is 7.72. The van der Waals surface area contributed by atoms with Crippen molar-refractivity contribution in [3.8, 4) is 11.5 Å². The van der Waals surface area contributed by atoms with Gasteiger partial charge in [-0.15, -0.1) is 10.2 Å². The normalized spacial score (nSPS) is 10.8. The van der Waals surface area contributed by atoms with E-state index in [2.05, 4.69) is 34.3 Å². The predicted molar refractivity (Wildman–Crippen MR) is 63.2 cm³/mol. The molecule has 0 amide bonds. The average Bonchev–Trinajstić information content (AvgIpc) is 2.78. The first-order valence-corrected chi connectivity index (χ1v) is 5.27. The van der Waals surface area contributed by atoms with Crippen LogP contribution in [-0.4, -0.2) is 26.8 Å². The van der Waals surface area contributed by atoms with Gasteiger partial charge in [0.25, 0.3) is 0 Å². The summed E-state index contributed by atoms with van der Waals surface area (Å²) in [5.41, 5.74) is 0.832. The molecule has 84 valence electrons. The highest BCUT2D eigenvalue weighted by Crippen LogP contribution is 2.19. The lowest BCUT2D eigenvalue weighted by Gasteiger charge is -2.09. The largest absolute Gasteiger partial charge is 0.373 e. The van der Waals surface area contributed by atoms with E-state index in [4.69, 9.17) is 0 Å². The van der Waals surface area contributed by atoms with Crippen LogP contribution in [0.25, 0.3) is 11.5 Å². The van der Waals surface area contributed by atoms with E-state index in [-0.39, 0.29) is 0 Å². The molecule has 0 bridgehead atoms. The first-order valence-electron chi connectivity index (χ1n) is 5.27. The maximum absolute atomic E-state index is 4.44. The second kappa shape index (κ2) is 4.30. The van der Waals surface area contributed by atoms with Gasteiger partial charge in [0.1, 0.15) is 17.8 Å². The molecule has 0 spiro atoms.